The van der Waals surface area contributed by atoms with Crippen molar-refractivity contribution in [1.29, 1.82) is 0 Å². The van der Waals surface area contributed by atoms with Crippen LogP contribution >= 0.6 is 0 Å². The van der Waals surface area contributed by atoms with Crippen molar-refractivity contribution in [3.05, 3.63) is 65.5 Å². The van der Waals surface area contributed by atoms with Gasteiger partial charge in [0.05, 0.1) is 17.7 Å². The van der Waals surface area contributed by atoms with Crippen LogP contribution in [0.15, 0.2) is 48.7 Å². The molecule has 1 aliphatic heterocycles. The van der Waals surface area contributed by atoms with E-state index in [2.05, 4.69) is 48.0 Å². The summed E-state index contributed by atoms with van der Waals surface area (Å²) in [5.74, 6) is -0.497. The summed E-state index contributed by atoms with van der Waals surface area (Å²) in [5.41, 5.74) is 3.46. The molecule has 3 rings (SSSR count). The summed E-state index contributed by atoms with van der Waals surface area (Å²) in [6.45, 7) is 5.85. The van der Waals surface area contributed by atoms with Crippen molar-refractivity contribution in [1.82, 2.24) is 9.88 Å². The highest BCUT2D eigenvalue weighted by molar-refractivity contribution is 5.70. The molecule has 1 N–H and O–H groups in total. The number of carbonyl (C=O) groups is 1. The number of aromatic nitrogens is 1. The molecular formula is C21H26N2O2. The lowest BCUT2D eigenvalue weighted by molar-refractivity contribution is -0.143. The summed E-state index contributed by atoms with van der Waals surface area (Å²) in [4.78, 5) is 18.3. The molecule has 4 nitrogen and oxygen atoms in total. The van der Waals surface area contributed by atoms with E-state index in [0.29, 0.717) is 12.5 Å². The van der Waals surface area contributed by atoms with Crippen LogP contribution in [0.1, 0.15) is 55.5 Å². The van der Waals surface area contributed by atoms with Crippen molar-refractivity contribution in [3.63, 3.8) is 0 Å². The SMILES string of the molecule is CC(C)c1ccc(C(c2ccccn2)N2CCCC(C(=O)O)C2)cc1. The second-order valence-electron chi connectivity index (χ2n) is 7.15. The molecule has 25 heavy (non-hydrogen) atoms. The number of piperidine rings is 1. The zero-order chi connectivity index (χ0) is 17.8. The zero-order valence-corrected chi connectivity index (χ0v) is 14.9. The van der Waals surface area contributed by atoms with E-state index >= 15 is 0 Å². The number of hydrogen-bond acceptors (Lipinski definition) is 3. The zero-order valence-electron chi connectivity index (χ0n) is 14.9. The molecule has 0 aliphatic carbocycles. The second kappa shape index (κ2) is 7.79. The highest BCUT2D eigenvalue weighted by atomic mass is 16.4. The van der Waals surface area contributed by atoms with Crippen molar-refractivity contribution >= 4 is 5.97 Å². The molecule has 2 unspecified atom stereocenters. The molecule has 1 aromatic heterocycles. The Labute approximate surface area is 149 Å². The molecule has 2 atom stereocenters. The van der Waals surface area contributed by atoms with Gasteiger partial charge in [-0.05, 0) is 48.6 Å². The minimum Gasteiger partial charge on any atom is -0.481 e. The minimum atomic E-state index is -0.695. The van der Waals surface area contributed by atoms with E-state index in [9.17, 15) is 9.90 Å². The topological polar surface area (TPSA) is 53.4 Å². The van der Waals surface area contributed by atoms with Gasteiger partial charge in [-0.2, -0.15) is 0 Å². The van der Waals surface area contributed by atoms with E-state index in [1.165, 1.54) is 11.1 Å². The van der Waals surface area contributed by atoms with Crippen molar-refractivity contribution in [3.8, 4) is 0 Å². The summed E-state index contributed by atoms with van der Waals surface area (Å²) < 4.78 is 0. The number of benzene rings is 1. The van der Waals surface area contributed by atoms with Crippen LogP contribution in [0.25, 0.3) is 0 Å². The lowest BCUT2D eigenvalue weighted by Gasteiger charge is -2.37. The first-order valence-electron chi connectivity index (χ1n) is 9.04. The Kier molecular flexibility index (Phi) is 5.49. The van der Waals surface area contributed by atoms with E-state index < -0.39 is 5.97 Å². The fraction of sp³-hybridized carbons (Fsp3) is 0.429. The maximum absolute atomic E-state index is 11.5. The van der Waals surface area contributed by atoms with Crippen LogP contribution in [0.3, 0.4) is 0 Å². The summed E-state index contributed by atoms with van der Waals surface area (Å²) in [5, 5.41) is 9.43. The van der Waals surface area contributed by atoms with Gasteiger partial charge in [0.25, 0.3) is 0 Å². The predicted molar refractivity (Wildman–Crippen MR) is 98.5 cm³/mol. The molecule has 0 bridgehead atoms. The first kappa shape index (κ1) is 17.6. The van der Waals surface area contributed by atoms with E-state index in [0.717, 1.165) is 25.1 Å². The summed E-state index contributed by atoms with van der Waals surface area (Å²) in [6.07, 6.45) is 3.47. The van der Waals surface area contributed by atoms with Crippen molar-refractivity contribution in [2.24, 2.45) is 5.92 Å². The molecular weight excluding hydrogens is 312 g/mol. The normalized spacial score (nSPS) is 19.7. The molecule has 0 amide bonds. The van der Waals surface area contributed by atoms with Crippen LogP contribution in [-0.2, 0) is 4.79 Å². The molecule has 0 saturated carbocycles. The number of nitrogens with zero attached hydrogens (tertiary/aromatic N) is 2. The van der Waals surface area contributed by atoms with E-state index in [4.69, 9.17) is 0 Å². The number of likely N-dealkylation sites (tertiary alicyclic amines) is 1. The molecule has 4 heteroatoms. The maximum Gasteiger partial charge on any atom is 0.307 e. The average molecular weight is 338 g/mol. The second-order valence-corrected chi connectivity index (χ2v) is 7.15. The number of hydrogen-bond donors (Lipinski definition) is 1. The summed E-state index contributed by atoms with van der Waals surface area (Å²) in [7, 11) is 0. The van der Waals surface area contributed by atoms with Gasteiger partial charge in [-0.1, -0.05) is 44.2 Å². The minimum absolute atomic E-state index is 0.00422. The van der Waals surface area contributed by atoms with E-state index in [1.54, 1.807) is 0 Å². The van der Waals surface area contributed by atoms with E-state index in [-0.39, 0.29) is 12.0 Å². The molecule has 0 radical (unpaired) electrons. The molecule has 2 heterocycles. The van der Waals surface area contributed by atoms with Gasteiger partial charge in [-0.3, -0.25) is 14.7 Å². The van der Waals surface area contributed by atoms with Gasteiger partial charge >= 0.3 is 5.97 Å². The van der Waals surface area contributed by atoms with Gasteiger partial charge in [-0.15, -0.1) is 0 Å². The van der Waals surface area contributed by atoms with Crippen LogP contribution < -0.4 is 0 Å². The van der Waals surface area contributed by atoms with Crippen LogP contribution in [0, 0.1) is 5.92 Å². The van der Waals surface area contributed by atoms with Crippen molar-refractivity contribution in [2.75, 3.05) is 13.1 Å². The van der Waals surface area contributed by atoms with E-state index in [1.807, 2.05) is 24.4 Å². The van der Waals surface area contributed by atoms with Gasteiger partial charge in [0.2, 0.25) is 0 Å². The highest BCUT2D eigenvalue weighted by Gasteiger charge is 2.31. The van der Waals surface area contributed by atoms with Crippen LogP contribution in [0.2, 0.25) is 0 Å². The third-order valence-electron chi connectivity index (χ3n) is 5.05. The van der Waals surface area contributed by atoms with Gasteiger partial charge in [0, 0.05) is 12.7 Å². The number of aliphatic carboxylic acids is 1. The summed E-state index contributed by atoms with van der Waals surface area (Å²) >= 11 is 0. The molecule has 2 aromatic rings. The van der Waals surface area contributed by atoms with Gasteiger partial charge in [0.1, 0.15) is 0 Å². The third kappa shape index (κ3) is 4.07. The van der Waals surface area contributed by atoms with Crippen LogP contribution in [-0.4, -0.2) is 34.0 Å². The van der Waals surface area contributed by atoms with Gasteiger partial charge in [-0.25, -0.2) is 0 Å². The first-order valence-corrected chi connectivity index (χ1v) is 9.04. The van der Waals surface area contributed by atoms with Crippen LogP contribution in [0.4, 0.5) is 0 Å². The Bertz CT molecular complexity index is 698. The number of carboxylic acid groups (broad SMARTS) is 1. The fourth-order valence-corrected chi connectivity index (χ4v) is 3.61. The molecule has 1 aromatic carbocycles. The number of carboxylic acids is 1. The number of pyridine rings is 1. The largest absolute Gasteiger partial charge is 0.481 e. The predicted octanol–water partition coefficient (Wildman–Crippen LogP) is 4.09. The molecule has 1 aliphatic rings. The first-order chi connectivity index (χ1) is 12.1. The monoisotopic (exact) mass is 338 g/mol. The Morgan fingerprint density at radius 1 is 1.16 bits per heavy atom. The Balaban J connectivity index is 1.94. The van der Waals surface area contributed by atoms with Gasteiger partial charge in [0.15, 0.2) is 0 Å². The van der Waals surface area contributed by atoms with Crippen molar-refractivity contribution in [2.45, 2.75) is 38.6 Å². The Morgan fingerprint density at radius 3 is 2.48 bits per heavy atom. The fourth-order valence-electron chi connectivity index (χ4n) is 3.61. The number of rotatable bonds is 5. The summed E-state index contributed by atoms with van der Waals surface area (Å²) in [6, 6.07) is 14.6. The molecule has 1 saturated heterocycles. The smallest absolute Gasteiger partial charge is 0.307 e. The molecule has 132 valence electrons. The van der Waals surface area contributed by atoms with Crippen LogP contribution in [0.5, 0.6) is 0 Å². The lowest BCUT2D eigenvalue weighted by Crippen LogP contribution is -2.41. The Hall–Kier alpha value is -2.20. The average Bonchev–Trinajstić information content (AvgIpc) is 2.63. The standard InChI is InChI=1S/C21H26N2O2/c1-15(2)16-8-10-17(11-9-16)20(19-7-3-4-12-22-19)23-13-5-6-18(14-23)21(24)25/h3-4,7-12,15,18,20H,5-6,13-14H2,1-2H3,(H,24,25). The quantitative estimate of drug-likeness (QED) is 0.892. The molecule has 1 fully saturated rings. The van der Waals surface area contributed by atoms with Crippen molar-refractivity contribution < 1.29 is 9.90 Å². The maximum atomic E-state index is 11.5. The Morgan fingerprint density at radius 2 is 1.88 bits per heavy atom. The third-order valence-corrected chi connectivity index (χ3v) is 5.05. The molecule has 0 spiro atoms. The lowest BCUT2D eigenvalue weighted by atomic mass is 9.92. The highest BCUT2D eigenvalue weighted by Crippen LogP contribution is 2.32. The van der Waals surface area contributed by atoms with Gasteiger partial charge < -0.3 is 5.11 Å².